The number of carboxylic acids is 1. The number of aliphatic carboxylic acids is 1. The minimum Gasteiger partial charge on any atom is -0.481 e. The van der Waals surface area contributed by atoms with Gasteiger partial charge < -0.3 is 9.84 Å². The average Bonchev–Trinajstić information content (AvgIpc) is 3.04. The summed E-state index contributed by atoms with van der Waals surface area (Å²) in [5.74, 6) is -1.02. The van der Waals surface area contributed by atoms with Gasteiger partial charge >= 0.3 is 11.9 Å². The molecule has 0 heterocycles. The summed E-state index contributed by atoms with van der Waals surface area (Å²) in [6.45, 7) is 4.43. The van der Waals surface area contributed by atoms with Gasteiger partial charge in [-0.2, -0.15) is 0 Å². The van der Waals surface area contributed by atoms with Crippen molar-refractivity contribution in [3.63, 3.8) is 0 Å². The van der Waals surface area contributed by atoms with Gasteiger partial charge in [-0.05, 0) is 64.2 Å². The van der Waals surface area contributed by atoms with E-state index < -0.39 is 5.97 Å². The van der Waals surface area contributed by atoms with Crippen LogP contribution in [0, 0.1) is 0 Å². The third-order valence-corrected chi connectivity index (χ3v) is 8.27. The number of rotatable bonds is 34. The highest BCUT2D eigenvalue weighted by Crippen LogP contribution is 2.17. The van der Waals surface area contributed by atoms with Crippen LogP contribution in [0.2, 0.25) is 0 Å². The lowest BCUT2D eigenvalue weighted by molar-refractivity contribution is -0.151. The van der Waals surface area contributed by atoms with Crippen molar-refractivity contribution in [2.45, 2.75) is 193 Å². The molecule has 1 N–H and O–H groups in total. The van der Waals surface area contributed by atoms with Crippen LogP contribution >= 0.6 is 0 Å². The van der Waals surface area contributed by atoms with E-state index in [0.29, 0.717) is 12.8 Å². The summed E-state index contributed by atoms with van der Waals surface area (Å²) in [5.41, 5.74) is 0. The first-order valence-electron chi connectivity index (χ1n) is 19.3. The van der Waals surface area contributed by atoms with E-state index in [2.05, 4.69) is 74.6 Å². The molecule has 264 valence electrons. The van der Waals surface area contributed by atoms with Gasteiger partial charge in [0, 0.05) is 12.8 Å². The number of hydrogen-bond acceptors (Lipinski definition) is 3. The topological polar surface area (TPSA) is 63.6 Å². The minimum atomic E-state index is -0.827. The molecule has 0 aromatic heterocycles. The number of allylic oxidation sites excluding steroid dienone is 10. The van der Waals surface area contributed by atoms with Crippen LogP contribution in [0.3, 0.4) is 0 Å². The normalized spacial score (nSPS) is 12.9. The zero-order valence-electron chi connectivity index (χ0n) is 30.1. The summed E-state index contributed by atoms with van der Waals surface area (Å²) in [5, 5.41) is 9.11. The van der Waals surface area contributed by atoms with E-state index in [-0.39, 0.29) is 18.5 Å². The standard InChI is InChI=1S/C42H72O4/c1-3-5-7-9-11-13-15-17-19-21-23-25-27-29-31-33-35-37-42(45)46-40(38-39-41(43)44)36-34-32-30-28-26-24-22-20-18-16-14-12-10-8-6-4-2/h5,7,11,13,17,19,23,25,29,31,40H,3-4,6,8-10,12,14-16,18,20-22,24,26-28,30,32-39H2,1-2H3,(H,43,44)/b7-5-,13-11-,19-17-,25-23-,31-29-. The highest BCUT2D eigenvalue weighted by molar-refractivity contribution is 5.70. The van der Waals surface area contributed by atoms with Crippen molar-refractivity contribution in [2.24, 2.45) is 0 Å². The van der Waals surface area contributed by atoms with Crippen LogP contribution < -0.4 is 0 Å². The molecule has 0 saturated heterocycles. The van der Waals surface area contributed by atoms with E-state index in [1.807, 2.05) is 0 Å². The molecule has 0 aromatic rings. The monoisotopic (exact) mass is 641 g/mol. The number of ether oxygens (including phenoxy) is 1. The Balaban J connectivity index is 3.87. The second-order valence-corrected chi connectivity index (χ2v) is 12.7. The van der Waals surface area contributed by atoms with Crippen molar-refractivity contribution in [3.8, 4) is 0 Å². The van der Waals surface area contributed by atoms with Crippen LogP contribution in [0.4, 0.5) is 0 Å². The molecule has 0 aromatic carbocycles. The second kappa shape index (κ2) is 37.1. The molecule has 0 aliphatic rings. The molecule has 0 radical (unpaired) electrons. The Kier molecular flexibility index (Phi) is 35.2. The van der Waals surface area contributed by atoms with Crippen molar-refractivity contribution in [3.05, 3.63) is 60.8 Å². The summed E-state index contributed by atoms with van der Waals surface area (Å²) in [7, 11) is 0. The van der Waals surface area contributed by atoms with Crippen molar-refractivity contribution < 1.29 is 19.4 Å². The van der Waals surface area contributed by atoms with Crippen LogP contribution in [0.5, 0.6) is 0 Å². The molecule has 0 fully saturated rings. The minimum absolute atomic E-state index is 0.0524. The van der Waals surface area contributed by atoms with E-state index in [1.165, 1.54) is 89.9 Å². The predicted octanol–water partition coefficient (Wildman–Crippen LogP) is 13.3. The van der Waals surface area contributed by atoms with E-state index in [1.54, 1.807) is 0 Å². The van der Waals surface area contributed by atoms with E-state index in [0.717, 1.165) is 64.2 Å². The van der Waals surface area contributed by atoms with E-state index in [9.17, 15) is 9.59 Å². The lowest BCUT2D eigenvalue weighted by atomic mass is 10.0. The smallest absolute Gasteiger partial charge is 0.306 e. The number of esters is 1. The average molecular weight is 641 g/mol. The molecule has 1 atom stereocenters. The van der Waals surface area contributed by atoms with Gasteiger partial charge in [-0.3, -0.25) is 9.59 Å². The Bertz CT molecular complexity index is 820. The number of carbonyl (C=O) groups excluding carboxylic acids is 1. The zero-order valence-corrected chi connectivity index (χ0v) is 30.1. The first-order chi connectivity index (χ1) is 22.6. The van der Waals surface area contributed by atoms with Crippen molar-refractivity contribution in [1.29, 1.82) is 0 Å². The van der Waals surface area contributed by atoms with Crippen LogP contribution in [0.15, 0.2) is 60.8 Å². The third kappa shape index (κ3) is 36.1. The van der Waals surface area contributed by atoms with Gasteiger partial charge in [0.15, 0.2) is 0 Å². The fraction of sp³-hybridized carbons (Fsp3) is 0.714. The van der Waals surface area contributed by atoms with E-state index >= 15 is 0 Å². The fourth-order valence-electron chi connectivity index (χ4n) is 5.44. The van der Waals surface area contributed by atoms with Crippen molar-refractivity contribution in [1.82, 2.24) is 0 Å². The molecule has 4 heteroatoms. The lowest BCUT2D eigenvalue weighted by Gasteiger charge is -2.17. The molecule has 0 aliphatic heterocycles. The molecular formula is C42H72O4. The van der Waals surface area contributed by atoms with Gasteiger partial charge in [0.1, 0.15) is 6.10 Å². The Morgan fingerprint density at radius 1 is 0.500 bits per heavy atom. The highest BCUT2D eigenvalue weighted by Gasteiger charge is 2.15. The maximum absolute atomic E-state index is 12.4. The summed E-state index contributed by atoms with van der Waals surface area (Å²) in [4.78, 5) is 23.5. The van der Waals surface area contributed by atoms with Crippen LogP contribution in [0.25, 0.3) is 0 Å². The molecule has 0 saturated carbocycles. The van der Waals surface area contributed by atoms with Crippen LogP contribution in [-0.4, -0.2) is 23.1 Å². The summed E-state index contributed by atoms with van der Waals surface area (Å²) in [6, 6.07) is 0. The van der Waals surface area contributed by atoms with E-state index in [4.69, 9.17) is 9.84 Å². The molecule has 46 heavy (non-hydrogen) atoms. The highest BCUT2D eigenvalue weighted by atomic mass is 16.5. The van der Waals surface area contributed by atoms with Gasteiger partial charge in [-0.25, -0.2) is 0 Å². The molecule has 4 nitrogen and oxygen atoms in total. The molecule has 0 spiro atoms. The summed E-state index contributed by atoms with van der Waals surface area (Å²) < 4.78 is 5.70. The van der Waals surface area contributed by atoms with Gasteiger partial charge in [-0.15, -0.1) is 0 Å². The second-order valence-electron chi connectivity index (χ2n) is 12.7. The third-order valence-electron chi connectivity index (χ3n) is 8.27. The lowest BCUT2D eigenvalue weighted by Crippen LogP contribution is -2.19. The molecule has 0 aliphatic carbocycles. The largest absolute Gasteiger partial charge is 0.481 e. The molecule has 1 unspecified atom stereocenters. The predicted molar refractivity (Wildman–Crippen MR) is 199 cm³/mol. The van der Waals surface area contributed by atoms with Gasteiger partial charge in [0.2, 0.25) is 0 Å². The maximum Gasteiger partial charge on any atom is 0.306 e. The van der Waals surface area contributed by atoms with Gasteiger partial charge in [0.05, 0.1) is 0 Å². The van der Waals surface area contributed by atoms with Gasteiger partial charge in [-0.1, -0.05) is 171 Å². The number of carboxylic acid groups (broad SMARTS) is 1. The fourth-order valence-corrected chi connectivity index (χ4v) is 5.44. The molecule has 0 bridgehead atoms. The van der Waals surface area contributed by atoms with Crippen molar-refractivity contribution in [2.75, 3.05) is 0 Å². The Hall–Kier alpha value is -2.36. The van der Waals surface area contributed by atoms with Crippen LogP contribution in [0.1, 0.15) is 187 Å². The molecule has 0 rings (SSSR count). The van der Waals surface area contributed by atoms with Crippen molar-refractivity contribution >= 4 is 11.9 Å². The number of carbonyl (C=O) groups is 2. The Morgan fingerprint density at radius 2 is 0.913 bits per heavy atom. The number of hydrogen-bond donors (Lipinski definition) is 1. The maximum atomic E-state index is 12.4. The SMILES string of the molecule is CC/C=C\C/C=C\C/C=C\C/C=C\C/C=C\CCCC(=O)OC(CCCCCCCCCCCCCCCCCC)CCC(=O)O. The first kappa shape index (κ1) is 43.6. The Labute approximate surface area is 284 Å². The molecule has 0 amide bonds. The Morgan fingerprint density at radius 3 is 1.35 bits per heavy atom. The zero-order chi connectivity index (χ0) is 33.6. The quantitative estimate of drug-likeness (QED) is 0.0432. The first-order valence-corrected chi connectivity index (χ1v) is 19.3. The molecular weight excluding hydrogens is 568 g/mol. The van der Waals surface area contributed by atoms with Gasteiger partial charge in [0.25, 0.3) is 0 Å². The van der Waals surface area contributed by atoms with Crippen LogP contribution in [-0.2, 0) is 14.3 Å². The summed E-state index contributed by atoms with van der Waals surface area (Å²) >= 11 is 0. The summed E-state index contributed by atoms with van der Waals surface area (Å²) in [6.07, 6.45) is 50.9. The number of unbranched alkanes of at least 4 members (excludes halogenated alkanes) is 16.